The molecule has 0 atom stereocenters. The Balaban J connectivity index is 1.85. The normalized spacial score (nSPS) is 16.6. The van der Waals surface area contributed by atoms with E-state index in [1.165, 1.54) is 18.2 Å². The molecule has 2 aliphatic rings. The van der Waals surface area contributed by atoms with Crippen molar-refractivity contribution in [2.24, 2.45) is 0 Å². The van der Waals surface area contributed by atoms with Crippen LogP contribution in [0.1, 0.15) is 63.9 Å². The molecule has 0 aromatic heterocycles. The van der Waals surface area contributed by atoms with Gasteiger partial charge in [-0.2, -0.15) is 0 Å². The van der Waals surface area contributed by atoms with Gasteiger partial charge in [0, 0.05) is 33.5 Å². The number of anilines is 2. The van der Waals surface area contributed by atoms with E-state index in [9.17, 15) is 14.7 Å². The third-order valence-electron chi connectivity index (χ3n) is 5.51. The van der Waals surface area contributed by atoms with E-state index in [2.05, 4.69) is 5.32 Å². The van der Waals surface area contributed by atoms with Crippen LogP contribution in [0.5, 0.6) is 0 Å². The molecule has 2 aromatic rings. The van der Waals surface area contributed by atoms with E-state index in [4.69, 9.17) is 5.73 Å². The van der Waals surface area contributed by atoms with Crippen LogP contribution in [0.25, 0.3) is 0 Å². The molecule has 146 valence electrons. The van der Waals surface area contributed by atoms with E-state index < -0.39 is 0 Å². The summed E-state index contributed by atoms with van der Waals surface area (Å²) in [7, 11) is 0. The highest BCUT2D eigenvalue weighted by molar-refractivity contribution is 7.99. The van der Waals surface area contributed by atoms with Crippen LogP contribution in [0, 0.1) is 0 Å². The smallest absolute Gasteiger partial charge is 0.196 e. The molecule has 4 N–H and O–H groups in total. The largest absolute Gasteiger partial charge is 0.397 e. The van der Waals surface area contributed by atoms with Crippen LogP contribution in [-0.4, -0.2) is 35.1 Å². The van der Waals surface area contributed by atoms with Gasteiger partial charge in [-0.15, -0.1) is 11.8 Å². The van der Waals surface area contributed by atoms with Gasteiger partial charge in [-0.3, -0.25) is 9.59 Å². The molecule has 0 saturated heterocycles. The zero-order chi connectivity index (χ0) is 19.7. The molecule has 2 aliphatic carbocycles. The Morgan fingerprint density at radius 2 is 1.68 bits per heavy atom. The van der Waals surface area contributed by atoms with Crippen molar-refractivity contribution in [3.63, 3.8) is 0 Å². The van der Waals surface area contributed by atoms with Crippen molar-refractivity contribution >= 4 is 34.7 Å². The molecule has 0 aliphatic heterocycles. The Morgan fingerprint density at radius 3 is 2.32 bits per heavy atom. The second-order valence-electron chi connectivity index (χ2n) is 7.34. The first kappa shape index (κ1) is 19.0. The quantitative estimate of drug-likeness (QED) is 0.448. The lowest BCUT2D eigenvalue weighted by molar-refractivity contribution is 0.0980. The molecule has 0 bridgehead atoms. The van der Waals surface area contributed by atoms with Gasteiger partial charge in [0.05, 0.1) is 23.4 Å². The SMILES string of the molecule is Nc1c(SCCO)cc(NC2CCCCC2)c2c1C(=O)c1ccccc1C2=O. The fourth-order valence-electron chi connectivity index (χ4n) is 4.15. The van der Waals surface area contributed by atoms with Gasteiger partial charge in [0.2, 0.25) is 0 Å². The van der Waals surface area contributed by atoms with Crippen LogP contribution in [0.4, 0.5) is 11.4 Å². The predicted molar refractivity (Wildman–Crippen MR) is 112 cm³/mol. The maximum Gasteiger partial charge on any atom is 0.196 e. The average molecular weight is 397 g/mol. The number of thioether (sulfide) groups is 1. The molecule has 2 aromatic carbocycles. The second kappa shape index (κ2) is 7.97. The molecule has 1 fully saturated rings. The van der Waals surface area contributed by atoms with Gasteiger partial charge in [0.25, 0.3) is 0 Å². The van der Waals surface area contributed by atoms with Crippen molar-refractivity contribution in [1.82, 2.24) is 0 Å². The van der Waals surface area contributed by atoms with Gasteiger partial charge in [-0.05, 0) is 18.9 Å². The Morgan fingerprint density at radius 1 is 1.04 bits per heavy atom. The summed E-state index contributed by atoms with van der Waals surface area (Å²) in [6.07, 6.45) is 5.67. The van der Waals surface area contributed by atoms with Crippen LogP contribution in [0.15, 0.2) is 35.2 Å². The van der Waals surface area contributed by atoms with Gasteiger partial charge in [-0.25, -0.2) is 0 Å². The highest BCUT2D eigenvalue weighted by Crippen LogP contribution is 2.41. The van der Waals surface area contributed by atoms with Crippen molar-refractivity contribution in [2.45, 2.75) is 43.0 Å². The van der Waals surface area contributed by atoms with Gasteiger partial charge >= 0.3 is 0 Å². The molecule has 28 heavy (non-hydrogen) atoms. The fourth-order valence-corrected chi connectivity index (χ4v) is 4.92. The summed E-state index contributed by atoms with van der Waals surface area (Å²) >= 11 is 1.40. The summed E-state index contributed by atoms with van der Waals surface area (Å²) in [5.41, 5.74) is 8.89. The summed E-state index contributed by atoms with van der Waals surface area (Å²) in [4.78, 5) is 27.3. The minimum absolute atomic E-state index is 0.0162. The first-order valence-corrected chi connectivity index (χ1v) is 10.8. The third-order valence-corrected chi connectivity index (χ3v) is 6.55. The number of aliphatic hydroxyl groups excluding tert-OH is 1. The second-order valence-corrected chi connectivity index (χ2v) is 8.48. The molecule has 0 heterocycles. The van der Waals surface area contributed by atoms with Crippen LogP contribution >= 0.6 is 11.8 Å². The lowest BCUT2D eigenvalue weighted by atomic mass is 9.82. The van der Waals surface area contributed by atoms with Crippen molar-refractivity contribution in [3.05, 3.63) is 52.6 Å². The molecule has 0 radical (unpaired) electrons. The van der Waals surface area contributed by atoms with Gasteiger partial charge in [-0.1, -0.05) is 43.5 Å². The number of nitrogen functional groups attached to an aromatic ring is 1. The number of nitrogens with two attached hydrogens (primary N) is 1. The van der Waals surface area contributed by atoms with Crippen LogP contribution in [0.3, 0.4) is 0 Å². The van der Waals surface area contributed by atoms with E-state index in [0.29, 0.717) is 39.4 Å². The highest BCUT2D eigenvalue weighted by Gasteiger charge is 2.35. The summed E-state index contributed by atoms with van der Waals surface area (Å²) < 4.78 is 0. The van der Waals surface area contributed by atoms with Crippen LogP contribution in [-0.2, 0) is 0 Å². The molecule has 4 rings (SSSR count). The Hall–Kier alpha value is -2.31. The van der Waals surface area contributed by atoms with Crippen molar-refractivity contribution in [2.75, 3.05) is 23.4 Å². The number of carbonyl (C=O) groups is 2. The van der Waals surface area contributed by atoms with Crippen molar-refractivity contribution in [3.8, 4) is 0 Å². The highest BCUT2D eigenvalue weighted by atomic mass is 32.2. The monoisotopic (exact) mass is 396 g/mol. The third kappa shape index (κ3) is 3.31. The molecule has 0 spiro atoms. The van der Waals surface area contributed by atoms with E-state index in [1.54, 1.807) is 24.3 Å². The predicted octanol–water partition coefficient (Wildman–Crippen LogP) is 3.87. The average Bonchev–Trinajstić information content (AvgIpc) is 2.72. The zero-order valence-electron chi connectivity index (χ0n) is 15.7. The zero-order valence-corrected chi connectivity index (χ0v) is 16.5. The minimum atomic E-state index is -0.208. The van der Waals surface area contributed by atoms with Gasteiger partial charge < -0.3 is 16.2 Å². The number of nitrogens with one attached hydrogen (secondary N) is 1. The Bertz CT molecular complexity index is 936. The first-order chi connectivity index (χ1) is 13.6. The summed E-state index contributed by atoms with van der Waals surface area (Å²) in [5, 5.41) is 12.7. The van der Waals surface area contributed by atoms with E-state index in [-0.39, 0.29) is 24.2 Å². The number of hydrogen-bond donors (Lipinski definition) is 3. The number of rotatable bonds is 5. The number of benzene rings is 2. The molecular weight excluding hydrogens is 372 g/mol. The van der Waals surface area contributed by atoms with E-state index >= 15 is 0 Å². The summed E-state index contributed by atoms with van der Waals surface area (Å²) in [6.45, 7) is 0.0162. The van der Waals surface area contributed by atoms with E-state index in [0.717, 1.165) is 30.6 Å². The fraction of sp³-hybridized carbons (Fsp3) is 0.364. The molecule has 5 nitrogen and oxygen atoms in total. The Kier molecular flexibility index (Phi) is 5.42. The summed E-state index contributed by atoms with van der Waals surface area (Å²) in [5.74, 6) is 0.111. The van der Waals surface area contributed by atoms with Gasteiger partial charge in [0.1, 0.15) is 0 Å². The number of hydrogen-bond acceptors (Lipinski definition) is 6. The molecule has 0 amide bonds. The van der Waals surface area contributed by atoms with Crippen molar-refractivity contribution in [1.29, 1.82) is 0 Å². The molecule has 1 saturated carbocycles. The lowest BCUT2D eigenvalue weighted by Crippen LogP contribution is -2.28. The number of carbonyl (C=O) groups excluding carboxylic acids is 2. The number of fused-ring (bicyclic) bond motifs is 2. The van der Waals surface area contributed by atoms with Crippen LogP contribution < -0.4 is 11.1 Å². The first-order valence-electron chi connectivity index (χ1n) is 9.77. The lowest BCUT2D eigenvalue weighted by Gasteiger charge is -2.28. The molecule has 0 unspecified atom stereocenters. The maximum atomic E-state index is 13.3. The molecule has 6 heteroatoms. The minimum Gasteiger partial charge on any atom is -0.397 e. The topological polar surface area (TPSA) is 92.4 Å². The standard InChI is InChI=1S/C22H24N2O3S/c23-20-17(28-11-10-25)12-16(24-13-6-2-1-3-7-13)18-19(20)22(27)15-9-5-4-8-14(15)21(18)26/h4-5,8-9,12-13,24-25H,1-3,6-7,10-11,23H2. The summed E-state index contributed by atoms with van der Waals surface area (Å²) in [6, 6.07) is 9.09. The van der Waals surface area contributed by atoms with Gasteiger partial charge in [0.15, 0.2) is 11.6 Å². The maximum absolute atomic E-state index is 13.3. The Labute approximate surface area is 168 Å². The van der Waals surface area contributed by atoms with E-state index in [1.807, 2.05) is 6.07 Å². The molecular formula is C22H24N2O3S. The number of aliphatic hydroxyl groups is 1. The van der Waals surface area contributed by atoms with Crippen molar-refractivity contribution < 1.29 is 14.7 Å². The van der Waals surface area contributed by atoms with Crippen LogP contribution in [0.2, 0.25) is 0 Å². The number of ketones is 2.